The average molecular weight is 280 g/mol. The van der Waals surface area contributed by atoms with Crippen LogP contribution in [0.15, 0.2) is 0 Å². The van der Waals surface area contributed by atoms with Gasteiger partial charge in [-0.3, -0.25) is 9.59 Å². The third-order valence-corrected chi connectivity index (χ3v) is 4.17. The maximum atomic E-state index is 12.4. The second-order valence-electron chi connectivity index (χ2n) is 5.92. The summed E-state index contributed by atoms with van der Waals surface area (Å²) < 4.78 is 0. The van der Waals surface area contributed by atoms with E-state index in [2.05, 4.69) is 6.07 Å². The van der Waals surface area contributed by atoms with Crippen LogP contribution in [0.5, 0.6) is 0 Å². The van der Waals surface area contributed by atoms with Crippen LogP contribution in [0.1, 0.15) is 52.4 Å². The first kappa shape index (κ1) is 16.5. The van der Waals surface area contributed by atoms with Gasteiger partial charge >= 0.3 is 5.97 Å². The highest BCUT2D eigenvalue weighted by molar-refractivity contribution is 5.78. The molecular formula is C15H24N2O3. The predicted molar refractivity (Wildman–Crippen MR) is 74.8 cm³/mol. The van der Waals surface area contributed by atoms with E-state index in [1.54, 1.807) is 11.8 Å². The third-order valence-electron chi connectivity index (χ3n) is 4.17. The van der Waals surface area contributed by atoms with Crippen molar-refractivity contribution in [1.29, 1.82) is 5.26 Å². The van der Waals surface area contributed by atoms with Crippen molar-refractivity contribution in [2.24, 2.45) is 11.3 Å². The number of carboxylic acids is 1. The van der Waals surface area contributed by atoms with Crippen LogP contribution >= 0.6 is 0 Å². The summed E-state index contributed by atoms with van der Waals surface area (Å²) in [6.45, 7) is 4.67. The topological polar surface area (TPSA) is 81.4 Å². The van der Waals surface area contributed by atoms with Gasteiger partial charge in [-0.2, -0.15) is 5.26 Å². The zero-order valence-corrected chi connectivity index (χ0v) is 12.4. The minimum absolute atomic E-state index is 0.0160. The highest BCUT2D eigenvalue weighted by atomic mass is 16.4. The Kier molecular flexibility index (Phi) is 6.00. The van der Waals surface area contributed by atoms with E-state index in [0.29, 0.717) is 19.5 Å². The zero-order valence-electron chi connectivity index (χ0n) is 12.4. The summed E-state index contributed by atoms with van der Waals surface area (Å²) in [6, 6.07) is 2.13. The molecule has 0 heterocycles. The summed E-state index contributed by atoms with van der Waals surface area (Å²) in [4.78, 5) is 25.1. The summed E-state index contributed by atoms with van der Waals surface area (Å²) in [5.74, 6) is -1.04. The Morgan fingerprint density at radius 2 is 1.95 bits per heavy atom. The molecule has 1 N–H and O–H groups in total. The van der Waals surface area contributed by atoms with Gasteiger partial charge in [0.15, 0.2) is 0 Å². The fourth-order valence-corrected chi connectivity index (χ4v) is 3.07. The molecule has 0 aromatic heterocycles. The number of aliphatic carboxylic acids is 1. The number of carbonyl (C=O) groups is 2. The predicted octanol–water partition coefficient (Wildman–Crippen LogP) is 2.42. The Hall–Kier alpha value is -1.57. The minimum atomic E-state index is -0.826. The summed E-state index contributed by atoms with van der Waals surface area (Å²) in [5.41, 5.74) is -0.369. The van der Waals surface area contributed by atoms with Gasteiger partial charge in [-0.1, -0.05) is 12.8 Å². The largest absolute Gasteiger partial charge is 0.481 e. The molecule has 5 heteroatoms. The van der Waals surface area contributed by atoms with Crippen LogP contribution < -0.4 is 0 Å². The fourth-order valence-electron chi connectivity index (χ4n) is 3.07. The SMILES string of the molecule is CCN(CC(C)C#N)C(=O)CC1(CC(=O)O)CCCC1. The number of carboxylic acid groups (broad SMARTS) is 1. The molecule has 1 aliphatic rings. The van der Waals surface area contributed by atoms with E-state index in [9.17, 15) is 9.59 Å². The average Bonchev–Trinajstić information content (AvgIpc) is 2.82. The Labute approximate surface area is 120 Å². The molecule has 0 aromatic carbocycles. The molecule has 0 saturated heterocycles. The van der Waals surface area contributed by atoms with Crippen LogP contribution in [0, 0.1) is 22.7 Å². The number of hydrogen-bond acceptors (Lipinski definition) is 3. The van der Waals surface area contributed by atoms with E-state index in [-0.39, 0.29) is 23.7 Å². The first-order valence-electron chi connectivity index (χ1n) is 7.31. The van der Waals surface area contributed by atoms with Gasteiger partial charge in [-0.15, -0.1) is 0 Å². The fraction of sp³-hybridized carbons (Fsp3) is 0.800. The molecule has 1 amide bonds. The monoisotopic (exact) mass is 280 g/mol. The van der Waals surface area contributed by atoms with Crippen LogP contribution in [0.2, 0.25) is 0 Å². The Balaban J connectivity index is 2.69. The first-order chi connectivity index (χ1) is 9.42. The van der Waals surface area contributed by atoms with Crippen molar-refractivity contribution in [2.45, 2.75) is 52.4 Å². The molecule has 0 bridgehead atoms. The normalized spacial score (nSPS) is 18.2. The van der Waals surface area contributed by atoms with Crippen LogP contribution in [0.25, 0.3) is 0 Å². The minimum Gasteiger partial charge on any atom is -0.481 e. The molecule has 1 fully saturated rings. The lowest BCUT2D eigenvalue weighted by atomic mass is 9.79. The maximum absolute atomic E-state index is 12.4. The highest BCUT2D eigenvalue weighted by Crippen LogP contribution is 2.44. The van der Waals surface area contributed by atoms with E-state index < -0.39 is 5.97 Å². The van der Waals surface area contributed by atoms with Gasteiger partial charge in [-0.05, 0) is 32.1 Å². The van der Waals surface area contributed by atoms with E-state index in [1.807, 2.05) is 6.92 Å². The number of carbonyl (C=O) groups excluding carboxylic acids is 1. The van der Waals surface area contributed by atoms with Crippen molar-refractivity contribution in [3.8, 4) is 6.07 Å². The summed E-state index contributed by atoms with van der Waals surface area (Å²) in [6.07, 6.45) is 4.00. The lowest BCUT2D eigenvalue weighted by Crippen LogP contribution is -2.38. The second-order valence-corrected chi connectivity index (χ2v) is 5.92. The quantitative estimate of drug-likeness (QED) is 0.776. The molecule has 0 aliphatic heterocycles. The lowest BCUT2D eigenvalue weighted by Gasteiger charge is -2.30. The molecule has 1 atom stereocenters. The molecule has 20 heavy (non-hydrogen) atoms. The summed E-state index contributed by atoms with van der Waals surface area (Å²) in [7, 11) is 0. The molecular weight excluding hydrogens is 256 g/mol. The van der Waals surface area contributed by atoms with Gasteiger partial charge in [0.2, 0.25) is 5.91 Å². The standard InChI is InChI=1S/C15H24N2O3/c1-3-17(11-12(2)10-16)13(18)8-15(9-14(19)20)6-4-5-7-15/h12H,3-9,11H2,1-2H3,(H,19,20). The smallest absolute Gasteiger partial charge is 0.303 e. The van der Waals surface area contributed by atoms with Gasteiger partial charge in [0.1, 0.15) is 0 Å². The van der Waals surface area contributed by atoms with Crippen LogP contribution in [0.3, 0.4) is 0 Å². The van der Waals surface area contributed by atoms with E-state index in [1.165, 1.54) is 0 Å². The van der Waals surface area contributed by atoms with Gasteiger partial charge in [0, 0.05) is 19.5 Å². The van der Waals surface area contributed by atoms with Gasteiger partial charge in [0.25, 0.3) is 0 Å². The molecule has 1 saturated carbocycles. The molecule has 1 unspecified atom stereocenters. The molecule has 1 aliphatic carbocycles. The number of nitriles is 1. The van der Waals surface area contributed by atoms with Gasteiger partial charge in [-0.25, -0.2) is 0 Å². The van der Waals surface area contributed by atoms with Crippen molar-refractivity contribution in [2.75, 3.05) is 13.1 Å². The molecule has 112 valence electrons. The summed E-state index contributed by atoms with van der Waals surface area (Å²) >= 11 is 0. The molecule has 1 rings (SSSR count). The van der Waals surface area contributed by atoms with Crippen molar-refractivity contribution in [1.82, 2.24) is 4.90 Å². The number of nitrogens with zero attached hydrogens (tertiary/aromatic N) is 2. The van der Waals surface area contributed by atoms with Crippen molar-refractivity contribution in [3.05, 3.63) is 0 Å². The van der Waals surface area contributed by atoms with Crippen LogP contribution in [-0.4, -0.2) is 35.0 Å². The second kappa shape index (κ2) is 7.28. The molecule has 0 radical (unpaired) electrons. The van der Waals surface area contributed by atoms with Crippen LogP contribution in [-0.2, 0) is 9.59 Å². The molecule has 0 aromatic rings. The number of rotatable bonds is 7. The lowest BCUT2D eigenvalue weighted by molar-refractivity contribution is -0.141. The Bertz CT molecular complexity index is 394. The van der Waals surface area contributed by atoms with Gasteiger partial charge < -0.3 is 10.0 Å². The summed E-state index contributed by atoms with van der Waals surface area (Å²) in [5, 5.41) is 17.9. The number of amides is 1. The van der Waals surface area contributed by atoms with Crippen molar-refractivity contribution < 1.29 is 14.7 Å². The Morgan fingerprint density at radius 1 is 1.35 bits per heavy atom. The van der Waals surface area contributed by atoms with Crippen LogP contribution in [0.4, 0.5) is 0 Å². The third kappa shape index (κ3) is 4.52. The van der Waals surface area contributed by atoms with Gasteiger partial charge in [0.05, 0.1) is 18.4 Å². The zero-order chi connectivity index (χ0) is 15.2. The van der Waals surface area contributed by atoms with Crippen molar-refractivity contribution in [3.63, 3.8) is 0 Å². The van der Waals surface area contributed by atoms with E-state index in [4.69, 9.17) is 10.4 Å². The molecule has 5 nitrogen and oxygen atoms in total. The molecule has 0 spiro atoms. The van der Waals surface area contributed by atoms with Crippen molar-refractivity contribution >= 4 is 11.9 Å². The first-order valence-corrected chi connectivity index (χ1v) is 7.31. The van der Waals surface area contributed by atoms with E-state index in [0.717, 1.165) is 25.7 Å². The highest BCUT2D eigenvalue weighted by Gasteiger charge is 2.38. The Morgan fingerprint density at radius 3 is 2.40 bits per heavy atom. The maximum Gasteiger partial charge on any atom is 0.303 e. The number of hydrogen-bond donors (Lipinski definition) is 1. The van der Waals surface area contributed by atoms with E-state index >= 15 is 0 Å².